The van der Waals surface area contributed by atoms with E-state index in [0.717, 1.165) is 18.9 Å². The molecule has 1 aliphatic rings. The van der Waals surface area contributed by atoms with Crippen LogP contribution < -0.4 is 4.72 Å². The molecule has 0 bridgehead atoms. The second-order valence-corrected chi connectivity index (χ2v) is 7.13. The van der Waals surface area contributed by atoms with Crippen molar-refractivity contribution in [3.8, 4) is 0 Å². The van der Waals surface area contributed by atoms with Crippen molar-refractivity contribution in [2.24, 2.45) is 0 Å². The molecular weight excluding hydrogens is 278 g/mol. The van der Waals surface area contributed by atoms with E-state index < -0.39 is 10.2 Å². The molecule has 0 radical (unpaired) electrons. The highest BCUT2D eigenvalue weighted by molar-refractivity contribution is 7.87. The molecule has 1 saturated heterocycles. The average Bonchev–Trinajstić information content (AvgIpc) is 2.85. The standard InChI is InChI=1S/C12H23N5O2S/c1-11(2)17-5-4-13-12(17)10-14-20(18,19)16-8-6-15(3)7-9-16/h4-5,11,14H,6-10H2,1-3H3. The lowest BCUT2D eigenvalue weighted by Crippen LogP contribution is -2.50. The summed E-state index contributed by atoms with van der Waals surface area (Å²) >= 11 is 0. The quantitative estimate of drug-likeness (QED) is 0.834. The van der Waals surface area contributed by atoms with Gasteiger partial charge < -0.3 is 9.47 Å². The second kappa shape index (κ2) is 6.21. The smallest absolute Gasteiger partial charge is 0.279 e. The van der Waals surface area contributed by atoms with E-state index in [1.54, 1.807) is 6.20 Å². The minimum absolute atomic E-state index is 0.222. The van der Waals surface area contributed by atoms with Crippen molar-refractivity contribution >= 4 is 10.2 Å². The van der Waals surface area contributed by atoms with Crippen molar-refractivity contribution in [2.45, 2.75) is 26.4 Å². The van der Waals surface area contributed by atoms with Crippen LogP contribution in [0, 0.1) is 0 Å². The number of likely N-dealkylation sites (N-methyl/N-ethyl adjacent to an activating group) is 1. The molecule has 1 aromatic rings. The third kappa shape index (κ3) is 3.57. The van der Waals surface area contributed by atoms with Gasteiger partial charge in [-0.2, -0.15) is 17.4 Å². The van der Waals surface area contributed by atoms with Gasteiger partial charge in [-0.1, -0.05) is 0 Å². The molecule has 7 nitrogen and oxygen atoms in total. The summed E-state index contributed by atoms with van der Waals surface area (Å²) in [6.07, 6.45) is 3.56. The Labute approximate surface area is 120 Å². The molecule has 20 heavy (non-hydrogen) atoms. The van der Waals surface area contributed by atoms with Crippen LogP contribution in [0.4, 0.5) is 0 Å². The molecule has 0 aromatic carbocycles. The van der Waals surface area contributed by atoms with E-state index in [1.165, 1.54) is 4.31 Å². The first kappa shape index (κ1) is 15.4. The van der Waals surface area contributed by atoms with E-state index in [9.17, 15) is 8.42 Å². The summed E-state index contributed by atoms with van der Waals surface area (Å²) in [7, 11) is -1.43. The van der Waals surface area contributed by atoms with Crippen molar-refractivity contribution in [2.75, 3.05) is 33.2 Å². The van der Waals surface area contributed by atoms with E-state index in [-0.39, 0.29) is 12.6 Å². The zero-order valence-corrected chi connectivity index (χ0v) is 13.1. The van der Waals surface area contributed by atoms with Crippen LogP contribution >= 0.6 is 0 Å². The Hall–Kier alpha value is -0.960. The summed E-state index contributed by atoms with van der Waals surface area (Å²) in [5.74, 6) is 0.734. The summed E-state index contributed by atoms with van der Waals surface area (Å²) in [6.45, 7) is 6.90. The fourth-order valence-corrected chi connectivity index (χ4v) is 3.36. The zero-order chi connectivity index (χ0) is 14.8. The maximum absolute atomic E-state index is 12.2. The predicted octanol–water partition coefficient (Wildman–Crippen LogP) is 0.0458. The lowest BCUT2D eigenvalue weighted by atomic mass is 10.4. The van der Waals surface area contributed by atoms with Crippen molar-refractivity contribution in [1.29, 1.82) is 0 Å². The van der Waals surface area contributed by atoms with Gasteiger partial charge in [-0.3, -0.25) is 0 Å². The first-order valence-corrected chi connectivity index (χ1v) is 8.29. The maximum atomic E-state index is 12.2. The van der Waals surface area contributed by atoms with Gasteiger partial charge in [0.05, 0.1) is 6.54 Å². The fraction of sp³-hybridized carbons (Fsp3) is 0.750. The predicted molar refractivity (Wildman–Crippen MR) is 77.4 cm³/mol. The number of aromatic nitrogens is 2. The Bertz CT molecular complexity index is 532. The highest BCUT2D eigenvalue weighted by Crippen LogP contribution is 2.09. The summed E-state index contributed by atoms with van der Waals surface area (Å²) in [4.78, 5) is 6.33. The summed E-state index contributed by atoms with van der Waals surface area (Å²) in [6, 6.07) is 0.264. The SMILES string of the molecule is CC(C)n1ccnc1CNS(=O)(=O)N1CCN(C)CC1. The van der Waals surface area contributed by atoms with Crippen LogP contribution in [0.3, 0.4) is 0 Å². The Balaban J connectivity index is 1.97. The Kier molecular flexibility index (Phi) is 4.79. The summed E-state index contributed by atoms with van der Waals surface area (Å²) in [5, 5.41) is 0. The highest BCUT2D eigenvalue weighted by atomic mass is 32.2. The molecule has 0 saturated carbocycles. The van der Waals surface area contributed by atoms with Gasteiger partial charge in [0.15, 0.2) is 0 Å². The number of rotatable bonds is 5. The molecule has 0 amide bonds. The van der Waals surface area contributed by atoms with Gasteiger partial charge in [0.1, 0.15) is 5.82 Å². The largest absolute Gasteiger partial charge is 0.331 e. The minimum Gasteiger partial charge on any atom is -0.331 e. The number of hydrogen-bond acceptors (Lipinski definition) is 4. The van der Waals surface area contributed by atoms with Crippen LogP contribution in [0.15, 0.2) is 12.4 Å². The molecule has 1 aliphatic heterocycles. The van der Waals surface area contributed by atoms with E-state index in [1.807, 2.05) is 31.7 Å². The summed E-state index contributed by atoms with van der Waals surface area (Å²) in [5.41, 5.74) is 0. The third-order valence-electron chi connectivity index (χ3n) is 3.52. The molecule has 0 atom stereocenters. The Morgan fingerprint density at radius 2 is 1.95 bits per heavy atom. The maximum Gasteiger partial charge on any atom is 0.279 e. The highest BCUT2D eigenvalue weighted by Gasteiger charge is 2.25. The van der Waals surface area contributed by atoms with Crippen LogP contribution in [-0.2, 0) is 16.8 Å². The molecule has 114 valence electrons. The molecule has 1 N–H and O–H groups in total. The Morgan fingerprint density at radius 3 is 2.55 bits per heavy atom. The normalized spacial score (nSPS) is 18.8. The van der Waals surface area contributed by atoms with Crippen LogP contribution in [-0.4, -0.2) is 60.4 Å². The van der Waals surface area contributed by atoms with Crippen molar-refractivity contribution in [1.82, 2.24) is 23.5 Å². The molecule has 0 aliphatic carbocycles. The van der Waals surface area contributed by atoms with Gasteiger partial charge in [-0.25, -0.2) is 4.98 Å². The molecule has 1 aromatic heterocycles. The number of nitrogens with one attached hydrogen (secondary N) is 1. The van der Waals surface area contributed by atoms with E-state index >= 15 is 0 Å². The molecule has 2 heterocycles. The van der Waals surface area contributed by atoms with E-state index in [2.05, 4.69) is 14.6 Å². The average molecular weight is 301 g/mol. The Morgan fingerprint density at radius 1 is 1.30 bits per heavy atom. The zero-order valence-electron chi connectivity index (χ0n) is 12.3. The molecule has 1 fully saturated rings. The lowest BCUT2D eigenvalue weighted by molar-refractivity contribution is 0.220. The van der Waals surface area contributed by atoms with Gasteiger partial charge in [0.2, 0.25) is 0 Å². The van der Waals surface area contributed by atoms with Gasteiger partial charge >= 0.3 is 0 Å². The van der Waals surface area contributed by atoms with Crippen LogP contribution in [0.1, 0.15) is 25.7 Å². The van der Waals surface area contributed by atoms with Gasteiger partial charge in [0, 0.05) is 44.6 Å². The first-order valence-electron chi connectivity index (χ1n) is 6.85. The fourth-order valence-electron chi connectivity index (χ4n) is 2.23. The van der Waals surface area contributed by atoms with E-state index in [4.69, 9.17) is 0 Å². The molecule has 0 unspecified atom stereocenters. The lowest BCUT2D eigenvalue weighted by Gasteiger charge is -2.31. The monoisotopic (exact) mass is 301 g/mol. The second-order valence-electron chi connectivity index (χ2n) is 5.37. The number of nitrogens with zero attached hydrogens (tertiary/aromatic N) is 4. The number of piperazine rings is 1. The number of imidazole rings is 1. The third-order valence-corrected chi connectivity index (χ3v) is 5.07. The minimum atomic E-state index is -3.42. The summed E-state index contributed by atoms with van der Waals surface area (Å²) < 4.78 is 30.6. The first-order chi connectivity index (χ1) is 9.40. The van der Waals surface area contributed by atoms with Crippen molar-refractivity contribution in [3.63, 3.8) is 0 Å². The molecule has 2 rings (SSSR count). The van der Waals surface area contributed by atoms with Crippen LogP contribution in [0.2, 0.25) is 0 Å². The van der Waals surface area contributed by atoms with Gasteiger partial charge in [0.25, 0.3) is 10.2 Å². The van der Waals surface area contributed by atoms with Crippen LogP contribution in [0.5, 0.6) is 0 Å². The molecule has 0 spiro atoms. The van der Waals surface area contributed by atoms with Crippen molar-refractivity contribution < 1.29 is 8.42 Å². The van der Waals surface area contributed by atoms with Gasteiger partial charge in [-0.15, -0.1) is 0 Å². The van der Waals surface area contributed by atoms with Crippen LogP contribution in [0.25, 0.3) is 0 Å². The van der Waals surface area contributed by atoms with E-state index in [0.29, 0.717) is 13.1 Å². The molecule has 8 heteroatoms. The molecular formula is C12H23N5O2S. The van der Waals surface area contributed by atoms with Crippen molar-refractivity contribution in [3.05, 3.63) is 18.2 Å². The number of hydrogen-bond donors (Lipinski definition) is 1. The topological polar surface area (TPSA) is 70.5 Å². The van der Waals surface area contributed by atoms with Gasteiger partial charge in [-0.05, 0) is 20.9 Å².